The van der Waals surface area contributed by atoms with E-state index in [4.69, 9.17) is 0 Å². The number of carbonyl (C=O) groups is 1. The minimum absolute atomic E-state index is 0.0256. The van der Waals surface area contributed by atoms with Gasteiger partial charge in [-0.3, -0.25) is 4.79 Å². The first-order valence-electron chi connectivity index (χ1n) is 1.98. The van der Waals surface area contributed by atoms with Crippen molar-refractivity contribution in [2.24, 2.45) is 0 Å². The number of halogens is 5. The predicted molar refractivity (Wildman–Crippen MR) is 37.0 cm³/mol. The van der Waals surface area contributed by atoms with Crippen molar-refractivity contribution in [3.8, 4) is 0 Å². The molecule has 0 rings (SSSR count). The highest BCUT2D eigenvalue weighted by Crippen LogP contribution is 2.20. The highest BCUT2D eigenvalue weighted by atomic mass is 79.9. The lowest BCUT2D eigenvalue weighted by Crippen LogP contribution is -2.19. The molecule has 0 saturated heterocycles. The van der Waals surface area contributed by atoms with Crippen LogP contribution in [-0.2, 0) is 4.79 Å². The molecule has 58 valence electrons. The second kappa shape index (κ2) is 3.52. The van der Waals surface area contributed by atoms with Crippen molar-refractivity contribution in [1.29, 1.82) is 0 Å². The van der Waals surface area contributed by atoms with Crippen LogP contribution < -0.4 is 0 Å². The summed E-state index contributed by atoms with van der Waals surface area (Å²) in [7, 11) is 0. The summed E-state index contributed by atoms with van der Waals surface area (Å²) in [5.41, 5.74) is 0. The molecule has 0 N–H and O–H groups in total. The maximum absolute atomic E-state index is 11.4. The summed E-state index contributed by atoms with van der Waals surface area (Å²) < 4.78 is 34.1. The normalized spacial score (nSPS) is 10.9. The lowest BCUT2D eigenvalue weighted by molar-refractivity contribution is -0.165. The smallest absolute Gasteiger partial charge is 0.285 e. The first-order valence-corrected chi connectivity index (χ1v) is 3.56. The van der Waals surface area contributed by atoms with Crippen LogP contribution in [0.5, 0.6) is 0 Å². The van der Waals surface area contributed by atoms with Gasteiger partial charge in [0.25, 0.3) is 5.78 Å². The lowest BCUT2D eigenvalue weighted by atomic mass is 10.4. The van der Waals surface area contributed by atoms with Crippen LogP contribution in [0, 0.1) is 0 Å². The zero-order valence-corrected chi connectivity index (χ0v) is 7.55. The van der Waals surface area contributed by atoms with Crippen LogP contribution in [0.3, 0.4) is 0 Å². The number of rotatable bonds is 1. The molecular formula is C4HBr2F3O. The standard InChI is InChI=1S/C4HBr2F3O/c5-3(6)1-2(10)4(7,8)9/h1H. The molecule has 0 heterocycles. The second-order valence-corrected chi connectivity index (χ2v) is 4.07. The highest BCUT2D eigenvalue weighted by Gasteiger charge is 2.36. The van der Waals surface area contributed by atoms with Crippen molar-refractivity contribution in [1.82, 2.24) is 0 Å². The predicted octanol–water partition coefficient (Wildman–Crippen LogP) is 2.75. The van der Waals surface area contributed by atoms with E-state index in [0.29, 0.717) is 6.08 Å². The van der Waals surface area contributed by atoms with Gasteiger partial charge in [0.05, 0.1) is 3.39 Å². The molecule has 0 aliphatic rings. The Bertz CT molecular complexity index is 168. The lowest BCUT2D eigenvalue weighted by Gasteiger charge is -1.98. The third-order valence-corrected chi connectivity index (χ3v) is 0.977. The number of carbonyl (C=O) groups excluding carboxylic acids is 1. The summed E-state index contributed by atoms with van der Waals surface area (Å²) in [6.07, 6.45) is -4.38. The van der Waals surface area contributed by atoms with E-state index >= 15 is 0 Å². The topological polar surface area (TPSA) is 17.1 Å². The molecule has 0 aliphatic carbocycles. The maximum atomic E-state index is 11.4. The van der Waals surface area contributed by atoms with Crippen molar-refractivity contribution in [2.75, 3.05) is 0 Å². The van der Waals surface area contributed by atoms with Crippen molar-refractivity contribution in [2.45, 2.75) is 6.18 Å². The summed E-state index contributed by atoms with van der Waals surface area (Å²) in [6.45, 7) is 0. The molecule has 0 aliphatic heterocycles. The van der Waals surface area contributed by atoms with E-state index in [1.807, 2.05) is 0 Å². The summed E-state index contributed by atoms with van der Waals surface area (Å²) >= 11 is 5.25. The Labute approximate surface area is 71.5 Å². The molecule has 0 aromatic heterocycles. The molecule has 0 unspecified atom stereocenters. The Hall–Kier alpha value is 0.160. The number of alkyl halides is 3. The summed E-state index contributed by atoms with van der Waals surface area (Å²) in [5, 5.41) is 0. The molecule has 0 atom stereocenters. The fourth-order valence-corrected chi connectivity index (χ4v) is 0.597. The van der Waals surface area contributed by atoms with Gasteiger partial charge in [-0.15, -0.1) is 0 Å². The van der Waals surface area contributed by atoms with Gasteiger partial charge in [0.1, 0.15) is 0 Å². The van der Waals surface area contributed by atoms with Crippen LogP contribution in [0.15, 0.2) is 9.47 Å². The Morgan fingerprint density at radius 2 is 1.70 bits per heavy atom. The Balaban J connectivity index is 4.27. The average Bonchev–Trinajstić information content (AvgIpc) is 1.60. The fraction of sp³-hybridized carbons (Fsp3) is 0.250. The average molecular weight is 282 g/mol. The zero-order chi connectivity index (χ0) is 8.36. The van der Waals surface area contributed by atoms with E-state index < -0.39 is 12.0 Å². The van der Waals surface area contributed by atoms with Gasteiger partial charge in [-0.2, -0.15) is 13.2 Å². The number of hydrogen-bond acceptors (Lipinski definition) is 1. The Morgan fingerprint density at radius 1 is 1.30 bits per heavy atom. The molecule has 10 heavy (non-hydrogen) atoms. The molecule has 0 bridgehead atoms. The fourth-order valence-electron chi connectivity index (χ4n) is 0.181. The molecular weight excluding hydrogens is 281 g/mol. The van der Waals surface area contributed by atoms with Crippen LogP contribution >= 0.6 is 31.9 Å². The van der Waals surface area contributed by atoms with E-state index in [9.17, 15) is 18.0 Å². The minimum Gasteiger partial charge on any atom is -0.285 e. The van der Waals surface area contributed by atoms with Gasteiger partial charge >= 0.3 is 6.18 Å². The van der Waals surface area contributed by atoms with Crippen LogP contribution in [0.4, 0.5) is 13.2 Å². The van der Waals surface area contributed by atoms with Gasteiger partial charge in [-0.25, -0.2) is 0 Å². The van der Waals surface area contributed by atoms with E-state index in [2.05, 4.69) is 31.9 Å². The van der Waals surface area contributed by atoms with E-state index in [1.54, 1.807) is 0 Å². The summed E-state index contributed by atoms with van der Waals surface area (Å²) in [6, 6.07) is 0. The van der Waals surface area contributed by atoms with E-state index in [-0.39, 0.29) is 3.39 Å². The Morgan fingerprint density at radius 3 is 1.80 bits per heavy atom. The summed E-state index contributed by atoms with van der Waals surface area (Å²) in [4.78, 5) is 10.0. The van der Waals surface area contributed by atoms with E-state index in [0.717, 1.165) is 0 Å². The quantitative estimate of drug-likeness (QED) is 0.676. The number of hydrogen-bond donors (Lipinski definition) is 0. The molecule has 0 aromatic rings. The van der Waals surface area contributed by atoms with Gasteiger partial charge in [-0.1, -0.05) is 0 Å². The SMILES string of the molecule is O=C(C=C(Br)Br)C(F)(F)F. The third-order valence-electron chi connectivity index (χ3n) is 0.520. The number of ketones is 1. The van der Waals surface area contributed by atoms with Crippen molar-refractivity contribution < 1.29 is 18.0 Å². The first-order chi connectivity index (χ1) is 4.34. The van der Waals surface area contributed by atoms with Crippen molar-refractivity contribution in [3.05, 3.63) is 9.47 Å². The zero-order valence-electron chi connectivity index (χ0n) is 4.38. The van der Waals surface area contributed by atoms with Crippen LogP contribution in [0.2, 0.25) is 0 Å². The molecule has 1 nitrogen and oxygen atoms in total. The van der Waals surface area contributed by atoms with Crippen LogP contribution in [0.25, 0.3) is 0 Å². The van der Waals surface area contributed by atoms with Gasteiger partial charge < -0.3 is 0 Å². The van der Waals surface area contributed by atoms with Gasteiger partial charge in [0, 0.05) is 6.08 Å². The first kappa shape index (κ1) is 10.2. The monoisotopic (exact) mass is 280 g/mol. The molecule has 0 fully saturated rings. The maximum Gasteiger partial charge on any atom is 0.454 e. The Kier molecular flexibility index (Phi) is 3.58. The molecule has 0 spiro atoms. The van der Waals surface area contributed by atoms with Gasteiger partial charge in [0.2, 0.25) is 0 Å². The molecule has 0 radical (unpaired) electrons. The third kappa shape index (κ3) is 4.05. The molecule has 0 aromatic carbocycles. The van der Waals surface area contributed by atoms with Crippen LogP contribution in [0.1, 0.15) is 0 Å². The van der Waals surface area contributed by atoms with Crippen molar-refractivity contribution in [3.63, 3.8) is 0 Å². The molecule has 6 heteroatoms. The minimum atomic E-state index is -4.78. The van der Waals surface area contributed by atoms with Crippen molar-refractivity contribution >= 4 is 37.6 Å². The van der Waals surface area contributed by atoms with Crippen LogP contribution in [-0.4, -0.2) is 12.0 Å². The summed E-state index contributed by atoms with van der Waals surface area (Å²) in [5.74, 6) is -1.89. The van der Waals surface area contributed by atoms with Gasteiger partial charge in [0.15, 0.2) is 0 Å². The largest absolute Gasteiger partial charge is 0.454 e. The highest BCUT2D eigenvalue weighted by molar-refractivity contribution is 9.28. The molecule has 0 amide bonds. The second-order valence-electron chi connectivity index (χ2n) is 1.30. The number of allylic oxidation sites excluding steroid dienone is 1. The van der Waals surface area contributed by atoms with Gasteiger partial charge in [-0.05, 0) is 31.9 Å². The molecule has 0 saturated carbocycles. The van der Waals surface area contributed by atoms with E-state index in [1.165, 1.54) is 0 Å².